The molecule has 1 aromatic heterocycles. The van der Waals surface area contributed by atoms with E-state index in [0.717, 1.165) is 44.7 Å². The van der Waals surface area contributed by atoms with E-state index in [1.807, 2.05) is 12.3 Å². The largest absolute Gasteiger partial charge is 0.389 e. The van der Waals surface area contributed by atoms with E-state index in [2.05, 4.69) is 22.9 Å². The number of likely N-dealkylation sites (tertiary alicyclic amines) is 1. The molecule has 0 amide bonds. The van der Waals surface area contributed by atoms with E-state index in [1.165, 1.54) is 5.56 Å². The fourth-order valence-electron chi connectivity index (χ4n) is 3.23. The number of aliphatic hydroxyl groups is 1. The van der Waals surface area contributed by atoms with E-state index >= 15 is 0 Å². The molecular weight excluding hydrogens is 240 g/mol. The number of hydrogen-bond acceptors (Lipinski definition) is 4. The van der Waals surface area contributed by atoms with Gasteiger partial charge in [0.25, 0.3) is 0 Å². The fraction of sp³-hybridized carbons (Fsp3) is 0.667. The van der Waals surface area contributed by atoms with Crippen LogP contribution in [-0.2, 0) is 11.3 Å². The molecule has 3 heterocycles. The Hall–Kier alpha value is -0.970. The summed E-state index contributed by atoms with van der Waals surface area (Å²) >= 11 is 0. The van der Waals surface area contributed by atoms with E-state index in [4.69, 9.17) is 4.74 Å². The first kappa shape index (κ1) is 13.0. The van der Waals surface area contributed by atoms with Crippen LogP contribution in [0.15, 0.2) is 18.3 Å². The van der Waals surface area contributed by atoms with Gasteiger partial charge in [0, 0.05) is 32.4 Å². The number of aliphatic hydroxyl groups excluding tert-OH is 1. The van der Waals surface area contributed by atoms with Crippen molar-refractivity contribution in [2.24, 2.45) is 0 Å². The van der Waals surface area contributed by atoms with Crippen LogP contribution >= 0.6 is 0 Å². The van der Waals surface area contributed by atoms with E-state index < -0.39 is 0 Å². The lowest BCUT2D eigenvalue weighted by molar-refractivity contribution is -0.130. The second-order valence-electron chi connectivity index (χ2n) is 5.78. The Morgan fingerprint density at radius 1 is 1.53 bits per heavy atom. The number of aryl methyl sites for hydroxylation is 1. The van der Waals surface area contributed by atoms with Crippen LogP contribution in [0.2, 0.25) is 0 Å². The van der Waals surface area contributed by atoms with Crippen molar-refractivity contribution in [3.05, 3.63) is 29.6 Å². The summed E-state index contributed by atoms with van der Waals surface area (Å²) in [6.07, 6.45) is 4.48. The maximum absolute atomic E-state index is 10.4. The number of nitrogens with zero attached hydrogens (tertiary/aromatic N) is 2. The van der Waals surface area contributed by atoms with Gasteiger partial charge in [0.05, 0.1) is 17.4 Å². The molecule has 104 valence electrons. The predicted octanol–water partition coefficient (Wildman–Crippen LogP) is 1.51. The lowest BCUT2D eigenvalue weighted by atomic mass is 9.86. The molecular formula is C15H22N2O2. The van der Waals surface area contributed by atoms with Crippen LogP contribution in [0.5, 0.6) is 0 Å². The molecule has 0 aromatic carbocycles. The van der Waals surface area contributed by atoms with Crippen molar-refractivity contribution >= 4 is 0 Å². The van der Waals surface area contributed by atoms with Gasteiger partial charge in [-0.15, -0.1) is 0 Å². The molecule has 4 heteroatoms. The lowest BCUT2D eigenvalue weighted by Crippen LogP contribution is -2.54. The quantitative estimate of drug-likeness (QED) is 0.877. The molecule has 0 saturated carbocycles. The minimum atomic E-state index is -0.368. The molecule has 4 nitrogen and oxygen atoms in total. The van der Waals surface area contributed by atoms with Crippen molar-refractivity contribution in [1.29, 1.82) is 0 Å². The summed E-state index contributed by atoms with van der Waals surface area (Å²) in [4.78, 5) is 6.72. The Bertz CT molecular complexity index is 444. The van der Waals surface area contributed by atoms with Gasteiger partial charge in [-0.2, -0.15) is 0 Å². The molecule has 2 fully saturated rings. The molecule has 0 unspecified atom stereocenters. The Morgan fingerprint density at radius 2 is 2.42 bits per heavy atom. The molecule has 1 aromatic rings. The maximum Gasteiger partial charge on any atom is 0.0965 e. The van der Waals surface area contributed by atoms with Crippen LogP contribution < -0.4 is 0 Å². The highest BCUT2D eigenvalue weighted by Gasteiger charge is 2.45. The van der Waals surface area contributed by atoms with Crippen molar-refractivity contribution < 1.29 is 9.84 Å². The number of rotatable bonds is 2. The standard InChI is InChI=1S/C15H22N2O2/c1-12-4-2-7-16-13(12)10-17-8-6-15(14(18)11-17)5-3-9-19-15/h2,4,7,14,18H,3,5-6,8-11H2,1H3/t14-,15-/m0/s1. The van der Waals surface area contributed by atoms with Crippen molar-refractivity contribution in [2.75, 3.05) is 19.7 Å². The SMILES string of the molecule is Cc1cccnc1CN1CC[C@@]2(CCCO2)[C@@H](O)C1. The van der Waals surface area contributed by atoms with Crippen molar-refractivity contribution in [2.45, 2.75) is 44.4 Å². The minimum Gasteiger partial charge on any atom is -0.389 e. The van der Waals surface area contributed by atoms with Crippen LogP contribution in [0.25, 0.3) is 0 Å². The van der Waals surface area contributed by atoms with E-state index in [1.54, 1.807) is 0 Å². The van der Waals surface area contributed by atoms with Gasteiger partial charge >= 0.3 is 0 Å². The molecule has 2 saturated heterocycles. The highest BCUT2D eigenvalue weighted by atomic mass is 16.5. The zero-order chi connectivity index (χ0) is 13.3. The Kier molecular flexibility index (Phi) is 3.56. The third kappa shape index (κ3) is 2.53. The van der Waals surface area contributed by atoms with Crippen LogP contribution in [0.3, 0.4) is 0 Å². The Morgan fingerprint density at radius 3 is 3.11 bits per heavy atom. The average Bonchev–Trinajstić information content (AvgIpc) is 2.87. The summed E-state index contributed by atoms with van der Waals surface area (Å²) in [6, 6.07) is 4.05. The fourth-order valence-corrected chi connectivity index (χ4v) is 3.23. The third-order valence-corrected chi connectivity index (χ3v) is 4.51. The monoisotopic (exact) mass is 262 g/mol. The molecule has 19 heavy (non-hydrogen) atoms. The van der Waals surface area contributed by atoms with Crippen molar-refractivity contribution in [3.8, 4) is 0 Å². The highest BCUT2D eigenvalue weighted by molar-refractivity contribution is 5.17. The third-order valence-electron chi connectivity index (χ3n) is 4.51. The van der Waals surface area contributed by atoms with Crippen LogP contribution in [0.1, 0.15) is 30.5 Å². The first-order valence-electron chi connectivity index (χ1n) is 7.14. The minimum absolute atomic E-state index is 0.254. The van der Waals surface area contributed by atoms with Gasteiger partial charge in [-0.25, -0.2) is 0 Å². The average molecular weight is 262 g/mol. The summed E-state index contributed by atoms with van der Waals surface area (Å²) in [5.74, 6) is 0. The highest BCUT2D eigenvalue weighted by Crippen LogP contribution is 2.36. The first-order valence-corrected chi connectivity index (χ1v) is 7.14. The molecule has 3 rings (SSSR count). The first-order chi connectivity index (χ1) is 9.20. The summed E-state index contributed by atoms with van der Waals surface area (Å²) in [5, 5.41) is 10.4. The second kappa shape index (κ2) is 5.19. The molecule has 1 spiro atoms. The zero-order valence-electron chi connectivity index (χ0n) is 11.5. The predicted molar refractivity (Wildman–Crippen MR) is 72.8 cm³/mol. The van der Waals surface area contributed by atoms with Crippen LogP contribution in [0.4, 0.5) is 0 Å². The van der Waals surface area contributed by atoms with E-state index in [-0.39, 0.29) is 11.7 Å². The Balaban J connectivity index is 1.65. The summed E-state index contributed by atoms with van der Waals surface area (Å²) < 4.78 is 5.82. The summed E-state index contributed by atoms with van der Waals surface area (Å²) in [5.41, 5.74) is 2.07. The van der Waals surface area contributed by atoms with E-state index in [9.17, 15) is 5.11 Å². The molecule has 0 radical (unpaired) electrons. The smallest absolute Gasteiger partial charge is 0.0965 e. The number of pyridine rings is 1. The van der Waals surface area contributed by atoms with Gasteiger partial charge in [0.1, 0.15) is 0 Å². The summed E-state index contributed by atoms with van der Waals surface area (Å²) in [7, 11) is 0. The van der Waals surface area contributed by atoms with Crippen molar-refractivity contribution in [3.63, 3.8) is 0 Å². The van der Waals surface area contributed by atoms with Gasteiger partial charge in [-0.3, -0.25) is 9.88 Å². The Labute approximate surface area is 114 Å². The number of ether oxygens (including phenoxy) is 1. The summed E-state index contributed by atoms with van der Waals surface area (Å²) in [6.45, 7) is 5.38. The van der Waals surface area contributed by atoms with Crippen molar-refractivity contribution in [1.82, 2.24) is 9.88 Å². The zero-order valence-corrected chi connectivity index (χ0v) is 11.5. The maximum atomic E-state index is 10.4. The molecule has 1 N–H and O–H groups in total. The van der Waals surface area contributed by atoms with Gasteiger partial charge < -0.3 is 9.84 Å². The lowest BCUT2D eigenvalue weighted by Gasteiger charge is -2.42. The second-order valence-corrected chi connectivity index (χ2v) is 5.78. The normalized spacial score (nSPS) is 32.0. The molecule has 0 bridgehead atoms. The number of β-amino-alcohol motifs (C(OH)–C–C–N with tert-alkyl or cyclic N) is 1. The molecule has 2 aliphatic rings. The van der Waals surface area contributed by atoms with Gasteiger partial charge in [-0.1, -0.05) is 6.07 Å². The van der Waals surface area contributed by atoms with Gasteiger partial charge in [-0.05, 0) is 37.8 Å². The molecule has 0 aliphatic carbocycles. The topological polar surface area (TPSA) is 45.6 Å². The van der Waals surface area contributed by atoms with Crippen LogP contribution in [0, 0.1) is 6.92 Å². The van der Waals surface area contributed by atoms with E-state index in [0.29, 0.717) is 6.54 Å². The number of piperidine rings is 1. The van der Waals surface area contributed by atoms with Gasteiger partial charge in [0.15, 0.2) is 0 Å². The van der Waals surface area contributed by atoms with Crippen LogP contribution in [-0.4, -0.2) is 46.4 Å². The van der Waals surface area contributed by atoms with Gasteiger partial charge in [0.2, 0.25) is 0 Å². The molecule has 2 atom stereocenters. The number of aromatic nitrogens is 1. The number of hydrogen-bond donors (Lipinski definition) is 1. The molecule has 2 aliphatic heterocycles.